The van der Waals surface area contributed by atoms with Crippen molar-refractivity contribution in [3.63, 3.8) is 0 Å². The van der Waals surface area contributed by atoms with Crippen molar-refractivity contribution in [3.05, 3.63) is 48.5 Å². The number of anilines is 1. The largest absolute Gasteiger partial charge is 0.363 e. The molecule has 2 saturated heterocycles. The average Bonchev–Trinajstić information content (AvgIpc) is 3.11. The molecule has 1 aromatic carbocycles. The van der Waals surface area contributed by atoms with Crippen LogP contribution in [0, 0.1) is 0 Å². The van der Waals surface area contributed by atoms with Crippen LogP contribution in [0.4, 0.5) is 5.69 Å². The Bertz CT molecular complexity index is 809. The molecule has 7 nitrogen and oxygen atoms in total. The van der Waals surface area contributed by atoms with Crippen LogP contribution >= 0.6 is 0 Å². The van der Waals surface area contributed by atoms with Gasteiger partial charge in [-0.15, -0.1) is 0 Å². The number of carbonyl (C=O) groups is 2. The lowest BCUT2D eigenvalue weighted by molar-refractivity contribution is -0.143. The van der Waals surface area contributed by atoms with Crippen LogP contribution in [0.2, 0.25) is 0 Å². The molecule has 4 rings (SSSR count). The van der Waals surface area contributed by atoms with E-state index in [2.05, 4.69) is 4.98 Å². The third kappa shape index (κ3) is 2.99. The van der Waals surface area contributed by atoms with E-state index in [0.717, 1.165) is 5.69 Å². The number of nitrogens with zero attached hydrogens (tertiary/aromatic N) is 4. The molecule has 26 heavy (non-hydrogen) atoms. The van der Waals surface area contributed by atoms with Crippen molar-refractivity contribution in [1.82, 2.24) is 14.5 Å². The molecule has 0 radical (unpaired) electrons. The van der Waals surface area contributed by atoms with Gasteiger partial charge in [-0.25, -0.2) is 4.98 Å². The van der Waals surface area contributed by atoms with Gasteiger partial charge in [0.25, 0.3) is 11.8 Å². The first-order valence-corrected chi connectivity index (χ1v) is 8.84. The normalized spacial score (nSPS) is 19.8. The zero-order valence-corrected chi connectivity index (χ0v) is 14.8. The lowest BCUT2D eigenvalue weighted by Crippen LogP contribution is -2.59. The Kier molecular flexibility index (Phi) is 4.24. The summed E-state index contributed by atoms with van der Waals surface area (Å²) < 4.78 is 7.70. The minimum atomic E-state index is -0.387. The highest BCUT2D eigenvalue weighted by Crippen LogP contribution is 2.33. The van der Waals surface area contributed by atoms with Crippen molar-refractivity contribution < 1.29 is 14.3 Å². The number of rotatable bonds is 2. The highest BCUT2D eigenvalue weighted by Gasteiger charge is 2.43. The summed E-state index contributed by atoms with van der Waals surface area (Å²) in [5, 5.41) is 0. The fraction of sp³-hybridized carbons (Fsp3) is 0.421. The van der Waals surface area contributed by atoms with Crippen molar-refractivity contribution in [2.75, 3.05) is 31.1 Å². The molecule has 7 heteroatoms. The third-order valence-corrected chi connectivity index (χ3v) is 5.29. The number of carbonyl (C=O) groups excluding carboxylic acids is 2. The van der Waals surface area contributed by atoms with E-state index >= 15 is 0 Å². The van der Waals surface area contributed by atoms with Crippen molar-refractivity contribution in [2.45, 2.75) is 18.4 Å². The van der Waals surface area contributed by atoms with Gasteiger partial charge in [0, 0.05) is 38.2 Å². The molecule has 2 aromatic rings. The summed E-state index contributed by atoms with van der Waals surface area (Å²) in [4.78, 5) is 32.7. The molecule has 0 atom stereocenters. The first-order chi connectivity index (χ1) is 12.6. The van der Waals surface area contributed by atoms with Crippen LogP contribution in [0.1, 0.15) is 23.5 Å². The first-order valence-electron chi connectivity index (χ1n) is 8.84. The highest BCUT2D eigenvalue weighted by molar-refractivity contribution is 5.95. The Morgan fingerprint density at radius 2 is 1.92 bits per heavy atom. The van der Waals surface area contributed by atoms with Crippen LogP contribution in [0.15, 0.2) is 42.7 Å². The monoisotopic (exact) mass is 354 g/mol. The number of aryl methyl sites for hydroxylation is 1. The van der Waals surface area contributed by atoms with Crippen LogP contribution in [-0.4, -0.2) is 58.1 Å². The summed E-state index contributed by atoms with van der Waals surface area (Å²) in [6.45, 7) is 1.81. The van der Waals surface area contributed by atoms with Gasteiger partial charge >= 0.3 is 0 Å². The lowest BCUT2D eigenvalue weighted by atomic mass is 9.89. The van der Waals surface area contributed by atoms with E-state index in [1.807, 2.05) is 42.3 Å². The Morgan fingerprint density at radius 3 is 2.58 bits per heavy atom. The van der Waals surface area contributed by atoms with Crippen molar-refractivity contribution in [2.24, 2.45) is 7.05 Å². The van der Waals surface area contributed by atoms with Crippen molar-refractivity contribution in [3.8, 4) is 0 Å². The third-order valence-electron chi connectivity index (χ3n) is 5.29. The molecule has 2 aliphatic heterocycles. The van der Waals surface area contributed by atoms with Crippen LogP contribution in [-0.2, 0) is 16.6 Å². The molecule has 136 valence electrons. The molecule has 1 aromatic heterocycles. The van der Waals surface area contributed by atoms with Gasteiger partial charge in [0.1, 0.15) is 6.61 Å². The van der Waals surface area contributed by atoms with E-state index in [9.17, 15) is 9.59 Å². The number of imidazole rings is 1. The van der Waals surface area contributed by atoms with Gasteiger partial charge in [0.15, 0.2) is 5.82 Å². The molecule has 3 heterocycles. The molecule has 2 amide bonds. The molecule has 1 spiro atoms. The summed E-state index contributed by atoms with van der Waals surface area (Å²) in [6.07, 6.45) is 4.82. The Balaban J connectivity index is 1.45. The second kappa shape index (κ2) is 6.57. The van der Waals surface area contributed by atoms with E-state index in [0.29, 0.717) is 38.3 Å². The smallest absolute Gasteiger partial charge is 0.289 e. The summed E-state index contributed by atoms with van der Waals surface area (Å²) in [5.74, 6) is 0.374. The number of piperidine rings is 1. The minimum Gasteiger partial charge on any atom is -0.363 e. The fourth-order valence-electron chi connectivity index (χ4n) is 3.69. The summed E-state index contributed by atoms with van der Waals surface area (Å²) in [5.41, 5.74) is 0.508. The van der Waals surface area contributed by atoms with Gasteiger partial charge in [-0.1, -0.05) is 18.2 Å². The predicted molar refractivity (Wildman–Crippen MR) is 95.8 cm³/mol. The molecule has 0 aliphatic carbocycles. The van der Waals surface area contributed by atoms with Crippen molar-refractivity contribution in [1.29, 1.82) is 0 Å². The lowest BCUT2D eigenvalue weighted by Gasteiger charge is -2.46. The molecule has 0 bridgehead atoms. The van der Waals surface area contributed by atoms with E-state index in [-0.39, 0.29) is 24.0 Å². The number of hydrogen-bond acceptors (Lipinski definition) is 4. The number of amides is 2. The first kappa shape index (κ1) is 16.8. The topological polar surface area (TPSA) is 67.7 Å². The summed E-state index contributed by atoms with van der Waals surface area (Å²) in [6, 6.07) is 9.68. The van der Waals surface area contributed by atoms with Gasteiger partial charge < -0.3 is 19.1 Å². The maximum atomic E-state index is 12.6. The van der Waals surface area contributed by atoms with Gasteiger partial charge in [-0.05, 0) is 25.0 Å². The quantitative estimate of drug-likeness (QED) is 0.819. The minimum absolute atomic E-state index is 0.0201. The number of hydrogen-bond donors (Lipinski definition) is 0. The zero-order chi connectivity index (χ0) is 18.1. The molecule has 2 aliphatic rings. The van der Waals surface area contributed by atoms with E-state index in [1.54, 1.807) is 21.9 Å². The molecule has 2 fully saturated rings. The van der Waals surface area contributed by atoms with E-state index in [1.165, 1.54) is 0 Å². The Hall–Kier alpha value is -2.67. The highest BCUT2D eigenvalue weighted by atomic mass is 16.5. The maximum absolute atomic E-state index is 12.6. The van der Waals surface area contributed by atoms with Crippen LogP contribution in [0.3, 0.4) is 0 Å². The number of aromatic nitrogens is 2. The van der Waals surface area contributed by atoms with Crippen LogP contribution < -0.4 is 4.90 Å². The van der Waals surface area contributed by atoms with E-state index < -0.39 is 0 Å². The molecule has 0 unspecified atom stereocenters. The van der Waals surface area contributed by atoms with Gasteiger partial charge in [-0.3, -0.25) is 9.59 Å². The standard InChI is InChI=1S/C19H22N4O3/c1-21-12-9-20-17(21)18(25)22-10-7-19(8-11-22)14-23(16(24)13-26-19)15-5-3-2-4-6-15/h2-6,9,12H,7-8,10-11,13-14H2,1H3. The van der Waals surface area contributed by atoms with Gasteiger partial charge in [0.2, 0.25) is 0 Å². The number of ether oxygens (including phenoxy) is 1. The van der Waals surface area contributed by atoms with Crippen molar-refractivity contribution >= 4 is 17.5 Å². The zero-order valence-electron chi connectivity index (χ0n) is 14.8. The summed E-state index contributed by atoms with van der Waals surface area (Å²) in [7, 11) is 1.82. The number of para-hydroxylation sites is 1. The number of likely N-dealkylation sites (tertiary alicyclic amines) is 1. The van der Waals surface area contributed by atoms with Crippen LogP contribution in [0.25, 0.3) is 0 Å². The Morgan fingerprint density at radius 1 is 1.19 bits per heavy atom. The van der Waals surface area contributed by atoms with Gasteiger partial charge in [0.05, 0.1) is 12.1 Å². The number of morpholine rings is 1. The van der Waals surface area contributed by atoms with E-state index in [4.69, 9.17) is 4.74 Å². The Labute approximate surface area is 152 Å². The summed E-state index contributed by atoms with van der Waals surface area (Å²) >= 11 is 0. The predicted octanol–water partition coefficient (Wildman–Crippen LogP) is 1.46. The number of benzene rings is 1. The molecule has 0 saturated carbocycles. The fourth-order valence-corrected chi connectivity index (χ4v) is 3.69. The average molecular weight is 354 g/mol. The molecular weight excluding hydrogens is 332 g/mol. The second-order valence-corrected chi connectivity index (χ2v) is 6.94. The van der Waals surface area contributed by atoms with Crippen LogP contribution in [0.5, 0.6) is 0 Å². The second-order valence-electron chi connectivity index (χ2n) is 6.94. The maximum Gasteiger partial charge on any atom is 0.289 e. The van der Waals surface area contributed by atoms with Gasteiger partial charge in [-0.2, -0.15) is 0 Å². The molecule has 0 N–H and O–H groups in total. The SMILES string of the molecule is Cn1ccnc1C(=O)N1CCC2(CC1)CN(c1ccccc1)C(=O)CO2. The molecular formula is C19H22N4O3.